The van der Waals surface area contributed by atoms with Gasteiger partial charge in [-0.25, -0.2) is 9.59 Å². The molecule has 0 spiro atoms. The molecule has 2 amide bonds. The minimum absolute atomic E-state index is 0.0759. The Kier molecular flexibility index (Phi) is 8.34. The monoisotopic (exact) mass is 362 g/mol. The molecule has 0 unspecified atom stereocenters. The van der Waals surface area contributed by atoms with E-state index in [9.17, 15) is 19.5 Å². The average molecular weight is 362 g/mol. The van der Waals surface area contributed by atoms with E-state index in [-0.39, 0.29) is 18.9 Å². The van der Waals surface area contributed by atoms with Crippen LogP contribution in [0.25, 0.3) is 0 Å². The molecule has 0 radical (unpaired) electrons. The Morgan fingerprint density at radius 1 is 1.15 bits per heavy atom. The first-order valence-electron chi connectivity index (χ1n) is 8.35. The second-order valence-electron chi connectivity index (χ2n) is 6.49. The first-order valence-corrected chi connectivity index (χ1v) is 8.35. The van der Waals surface area contributed by atoms with Gasteiger partial charge in [-0.05, 0) is 24.8 Å². The normalized spacial score (nSPS) is 12.8. The maximum absolute atomic E-state index is 12.4. The van der Waals surface area contributed by atoms with Gasteiger partial charge in [0.1, 0.15) is 18.7 Å². The molecule has 0 saturated carbocycles. The number of hydrogen-bond donors (Lipinski definition) is 3. The standard InChI is InChI=1S/C19H26N2O5/c1-12(2)10-15(18(23)24)20-17(22)16(13(3)4)21-19(25)26-11-14-8-6-5-7-9-14/h5-9,13,15-16H,1,10-11H2,2-4H3,(H,20,22)(H,21,25)(H,23,24)/t15-,16+/m0/s1. The number of aliphatic carboxylic acids is 1. The molecule has 142 valence electrons. The van der Waals surface area contributed by atoms with Crippen LogP contribution in [0, 0.1) is 5.92 Å². The molecule has 0 fully saturated rings. The Bertz CT molecular complexity index is 643. The zero-order chi connectivity index (χ0) is 19.7. The van der Waals surface area contributed by atoms with Gasteiger partial charge in [0, 0.05) is 0 Å². The van der Waals surface area contributed by atoms with Gasteiger partial charge in [0.2, 0.25) is 5.91 Å². The summed E-state index contributed by atoms with van der Waals surface area (Å²) in [5.41, 5.74) is 1.45. The molecule has 0 aliphatic rings. The molecule has 0 aliphatic carbocycles. The summed E-state index contributed by atoms with van der Waals surface area (Å²) in [5, 5.41) is 14.2. The maximum Gasteiger partial charge on any atom is 0.408 e. The maximum atomic E-state index is 12.4. The fraction of sp³-hybridized carbons (Fsp3) is 0.421. The fourth-order valence-corrected chi connectivity index (χ4v) is 2.24. The molecule has 0 aromatic heterocycles. The Morgan fingerprint density at radius 2 is 1.77 bits per heavy atom. The summed E-state index contributed by atoms with van der Waals surface area (Å²) in [6, 6.07) is 7.13. The van der Waals surface area contributed by atoms with Gasteiger partial charge in [0.25, 0.3) is 0 Å². The van der Waals surface area contributed by atoms with Gasteiger partial charge in [0.15, 0.2) is 0 Å². The van der Waals surface area contributed by atoms with Crippen LogP contribution in [0.4, 0.5) is 4.79 Å². The van der Waals surface area contributed by atoms with E-state index in [1.807, 2.05) is 30.3 Å². The summed E-state index contributed by atoms with van der Waals surface area (Å²) in [7, 11) is 0. The second-order valence-corrected chi connectivity index (χ2v) is 6.49. The lowest BCUT2D eigenvalue weighted by molar-refractivity contribution is -0.142. The zero-order valence-corrected chi connectivity index (χ0v) is 15.3. The van der Waals surface area contributed by atoms with Crippen LogP contribution < -0.4 is 10.6 Å². The Balaban J connectivity index is 2.65. The van der Waals surface area contributed by atoms with Crippen LogP contribution in [0.5, 0.6) is 0 Å². The van der Waals surface area contributed by atoms with Crippen LogP contribution in [0.1, 0.15) is 32.8 Å². The predicted octanol–water partition coefficient (Wildman–Crippen LogP) is 2.47. The van der Waals surface area contributed by atoms with E-state index in [0.717, 1.165) is 5.56 Å². The molecular weight excluding hydrogens is 336 g/mol. The van der Waals surface area contributed by atoms with E-state index in [4.69, 9.17) is 4.74 Å². The summed E-state index contributed by atoms with van der Waals surface area (Å²) < 4.78 is 5.12. The van der Waals surface area contributed by atoms with Crippen molar-refractivity contribution in [1.29, 1.82) is 0 Å². The Hall–Kier alpha value is -2.83. The number of hydrogen-bond acceptors (Lipinski definition) is 4. The molecule has 2 atom stereocenters. The van der Waals surface area contributed by atoms with Crippen LogP contribution in [0.15, 0.2) is 42.5 Å². The molecule has 1 aromatic carbocycles. The molecule has 3 N–H and O–H groups in total. The zero-order valence-electron chi connectivity index (χ0n) is 15.3. The molecular formula is C19H26N2O5. The SMILES string of the molecule is C=C(C)C[C@H](NC(=O)[C@H](NC(=O)OCc1ccccc1)C(C)C)C(=O)O. The number of benzene rings is 1. The topological polar surface area (TPSA) is 105 Å². The summed E-state index contributed by atoms with van der Waals surface area (Å²) >= 11 is 0. The van der Waals surface area contributed by atoms with E-state index >= 15 is 0 Å². The number of carbonyl (C=O) groups excluding carboxylic acids is 2. The number of ether oxygens (including phenoxy) is 1. The van der Waals surface area contributed by atoms with Gasteiger partial charge in [-0.15, -0.1) is 6.58 Å². The van der Waals surface area contributed by atoms with Crippen molar-refractivity contribution in [2.75, 3.05) is 0 Å². The van der Waals surface area contributed by atoms with Crippen LogP contribution in [-0.4, -0.2) is 35.2 Å². The molecule has 26 heavy (non-hydrogen) atoms. The number of carboxylic acids is 1. The van der Waals surface area contributed by atoms with Crippen molar-refractivity contribution in [3.63, 3.8) is 0 Å². The molecule has 7 nitrogen and oxygen atoms in total. The summed E-state index contributed by atoms with van der Waals surface area (Å²) in [4.78, 5) is 35.7. The van der Waals surface area contributed by atoms with Gasteiger partial charge in [-0.1, -0.05) is 49.8 Å². The molecule has 1 aromatic rings. The van der Waals surface area contributed by atoms with Crippen molar-refractivity contribution in [2.24, 2.45) is 5.92 Å². The van der Waals surface area contributed by atoms with Crippen LogP contribution in [0.3, 0.4) is 0 Å². The van der Waals surface area contributed by atoms with Crippen molar-refractivity contribution in [3.8, 4) is 0 Å². The summed E-state index contributed by atoms with van der Waals surface area (Å²) in [5.74, 6) is -1.99. The van der Waals surface area contributed by atoms with E-state index in [0.29, 0.717) is 5.57 Å². The van der Waals surface area contributed by atoms with Crippen molar-refractivity contribution in [2.45, 2.75) is 45.9 Å². The highest BCUT2D eigenvalue weighted by Crippen LogP contribution is 2.07. The van der Waals surface area contributed by atoms with Gasteiger partial charge in [0.05, 0.1) is 0 Å². The number of nitrogens with one attached hydrogen (secondary N) is 2. The van der Waals surface area contributed by atoms with Crippen LogP contribution >= 0.6 is 0 Å². The van der Waals surface area contributed by atoms with Crippen LogP contribution in [0.2, 0.25) is 0 Å². The lowest BCUT2D eigenvalue weighted by Gasteiger charge is -2.23. The molecule has 0 saturated heterocycles. The van der Waals surface area contributed by atoms with Crippen molar-refractivity contribution >= 4 is 18.0 Å². The first kappa shape index (κ1) is 21.2. The van der Waals surface area contributed by atoms with Crippen molar-refractivity contribution in [3.05, 3.63) is 48.0 Å². The highest BCUT2D eigenvalue weighted by Gasteiger charge is 2.29. The number of alkyl carbamates (subject to hydrolysis) is 1. The Morgan fingerprint density at radius 3 is 2.27 bits per heavy atom. The summed E-state index contributed by atoms with van der Waals surface area (Å²) in [6.45, 7) is 8.91. The molecule has 1 rings (SSSR count). The third-order valence-electron chi connectivity index (χ3n) is 3.60. The minimum Gasteiger partial charge on any atom is -0.480 e. The molecule has 0 bridgehead atoms. The highest BCUT2D eigenvalue weighted by molar-refractivity contribution is 5.89. The largest absolute Gasteiger partial charge is 0.480 e. The third kappa shape index (κ3) is 7.38. The second kappa shape index (κ2) is 10.2. The van der Waals surface area contributed by atoms with Gasteiger partial charge in [-0.2, -0.15) is 0 Å². The lowest BCUT2D eigenvalue weighted by atomic mass is 10.0. The smallest absolute Gasteiger partial charge is 0.408 e. The average Bonchev–Trinajstić information content (AvgIpc) is 2.57. The minimum atomic E-state index is -1.16. The number of rotatable bonds is 9. The van der Waals surface area contributed by atoms with E-state index in [1.165, 1.54) is 0 Å². The van der Waals surface area contributed by atoms with E-state index in [1.54, 1.807) is 20.8 Å². The number of carboxylic acid groups (broad SMARTS) is 1. The fourth-order valence-electron chi connectivity index (χ4n) is 2.24. The van der Waals surface area contributed by atoms with Gasteiger partial charge < -0.3 is 20.5 Å². The molecule has 0 heterocycles. The Labute approximate surface area is 153 Å². The van der Waals surface area contributed by atoms with Crippen molar-refractivity contribution < 1.29 is 24.2 Å². The first-order chi connectivity index (χ1) is 12.2. The molecule has 0 aliphatic heterocycles. The molecule has 7 heteroatoms. The van der Waals surface area contributed by atoms with E-state index < -0.39 is 30.1 Å². The quantitative estimate of drug-likeness (QED) is 0.585. The van der Waals surface area contributed by atoms with Crippen LogP contribution in [-0.2, 0) is 20.9 Å². The van der Waals surface area contributed by atoms with Gasteiger partial charge >= 0.3 is 12.1 Å². The predicted molar refractivity (Wildman–Crippen MR) is 97.4 cm³/mol. The lowest BCUT2D eigenvalue weighted by Crippen LogP contribution is -2.53. The van der Waals surface area contributed by atoms with Crippen molar-refractivity contribution in [1.82, 2.24) is 10.6 Å². The highest BCUT2D eigenvalue weighted by atomic mass is 16.5. The van der Waals surface area contributed by atoms with E-state index in [2.05, 4.69) is 17.2 Å². The summed E-state index contributed by atoms with van der Waals surface area (Å²) in [6.07, 6.45) is -0.626. The third-order valence-corrected chi connectivity index (χ3v) is 3.60. The number of amides is 2. The number of carbonyl (C=O) groups is 3. The van der Waals surface area contributed by atoms with Gasteiger partial charge in [-0.3, -0.25) is 4.79 Å².